The fourth-order valence-corrected chi connectivity index (χ4v) is 1.50. The van der Waals surface area contributed by atoms with Gasteiger partial charge >= 0.3 is 47.6 Å². The number of alkyl halides is 17. The second-order valence-electron chi connectivity index (χ2n) is 5.27. The summed E-state index contributed by atoms with van der Waals surface area (Å²) in [6, 6.07) is 0. The van der Waals surface area contributed by atoms with Gasteiger partial charge in [0.1, 0.15) is 6.10 Å². The molecule has 0 heterocycles. The topological polar surface area (TPSA) is 40.5 Å². The molecule has 0 bridgehead atoms. The molecule has 0 aliphatic carbocycles. The number of aliphatic hydroxyl groups is 2. The molecular weight excluding hydrogens is 475 g/mol. The summed E-state index contributed by atoms with van der Waals surface area (Å²) in [7, 11) is 0. The number of hydrogen-bond donors (Lipinski definition) is 2. The minimum atomic E-state index is -8.72. The first-order valence-corrected chi connectivity index (χ1v) is 6.23. The van der Waals surface area contributed by atoms with E-state index in [1.807, 2.05) is 0 Å². The van der Waals surface area contributed by atoms with E-state index >= 15 is 0 Å². The van der Waals surface area contributed by atoms with Crippen molar-refractivity contribution in [1.82, 2.24) is 0 Å². The van der Waals surface area contributed by atoms with Gasteiger partial charge < -0.3 is 10.2 Å². The third-order valence-corrected chi connectivity index (χ3v) is 3.34. The van der Waals surface area contributed by atoms with E-state index in [9.17, 15) is 74.6 Å². The normalized spacial score (nSPS) is 17.5. The number of hydrogen-bond acceptors (Lipinski definition) is 2. The standard InChI is InChI=1S/C10H5F17O2/c11-3(12,2(29)1-28)4(13,14)5(15,16)6(17,18)7(19,20)8(21,22)9(23,24)10(25,26)27/h2,28-29H,1H2. The quantitative estimate of drug-likeness (QED) is 0.508. The lowest BCUT2D eigenvalue weighted by Gasteiger charge is -2.43. The van der Waals surface area contributed by atoms with Crippen molar-refractivity contribution < 1.29 is 84.9 Å². The van der Waals surface area contributed by atoms with Gasteiger partial charge in [-0.05, 0) is 0 Å². The molecule has 0 saturated carbocycles. The lowest BCUT2D eigenvalue weighted by molar-refractivity contribution is -0.464. The Balaban J connectivity index is 6.73. The van der Waals surface area contributed by atoms with Gasteiger partial charge in [-0.2, -0.15) is 74.6 Å². The van der Waals surface area contributed by atoms with Gasteiger partial charge in [0.05, 0.1) is 6.61 Å². The zero-order chi connectivity index (χ0) is 24.3. The summed E-state index contributed by atoms with van der Waals surface area (Å²) in [5, 5.41) is 16.3. The molecule has 0 fully saturated rings. The molecule has 2 nitrogen and oxygen atoms in total. The first kappa shape index (κ1) is 27.7. The minimum absolute atomic E-state index is 2.62. The smallest absolute Gasteiger partial charge is 0.393 e. The Morgan fingerprint density at radius 2 is 0.690 bits per heavy atom. The largest absolute Gasteiger partial charge is 0.460 e. The third-order valence-electron chi connectivity index (χ3n) is 3.34. The Morgan fingerprint density at radius 1 is 0.448 bits per heavy atom. The molecular formula is C10H5F17O2. The highest BCUT2D eigenvalue weighted by molar-refractivity contribution is 5.15. The highest BCUT2D eigenvalue weighted by Gasteiger charge is 2.95. The average Bonchev–Trinajstić information content (AvgIpc) is 2.51. The lowest BCUT2D eigenvalue weighted by atomic mass is 9.88. The van der Waals surface area contributed by atoms with Crippen LogP contribution in [-0.4, -0.2) is 70.6 Å². The zero-order valence-electron chi connectivity index (χ0n) is 12.6. The van der Waals surface area contributed by atoms with Gasteiger partial charge in [0.15, 0.2) is 0 Å². The molecule has 0 aromatic rings. The molecule has 29 heavy (non-hydrogen) atoms. The summed E-state index contributed by atoms with van der Waals surface area (Å²) in [4.78, 5) is 0. The molecule has 176 valence electrons. The Bertz CT molecular complexity index is 592. The van der Waals surface area contributed by atoms with Crippen LogP contribution in [0.4, 0.5) is 74.6 Å². The molecule has 0 aromatic heterocycles. The van der Waals surface area contributed by atoms with Crippen LogP contribution in [-0.2, 0) is 0 Å². The fourth-order valence-electron chi connectivity index (χ4n) is 1.50. The SMILES string of the molecule is OCC(O)C(F)(F)C(F)(F)C(F)(F)C(F)(F)C(F)(F)C(F)(F)C(F)(F)C(F)(F)F. The number of halogens is 17. The van der Waals surface area contributed by atoms with Crippen molar-refractivity contribution >= 4 is 0 Å². The van der Waals surface area contributed by atoms with Crippen molar-refractivity contribution in [3.63, 3.8) is 0 Å². The molecule has 1 atom stereocenters. The molecule has 19 heteroatoms. The number of aliphatic hydroxyl groups excluding tert-OH is 2. The maximum absolute atomic E-state index is 13.2. The second kappa shape index (κ2) is 6.88. The predicted molar refractivity (Wildman–Crippen MR) is 53.8 cm³/mol. The first-order valence-electron chi connectivity index (χ1n) is 6.23. The van der Waals surface area contributed by atoms with Crippen LogP contribution in [0, 0.1) is 0 Å². The van der Waals surface area contributed by atoms with Crippen molar-refractivity contribution in [2.75, 3.05) is 6.61 Å². The summed E-state index contributed by atoms with van der Waals surface area (Å²) in [6.07, 6.45) is -12.2. The Kier molecular flexibility index (Phi) is 6.58. The van der Waals surface area contributed by atoms with Crippen molar-refractivity contribution in [3.05, 3.63) is 0 Å². The first-order chi connectivity index (χ1) is 12.2. The maximum atomic E-state index is 13.2. The van der Waals surface area contributed by atoms with Gasteiger partial charge in [-0.3, -0.25) is 0 Å². The highest BCUT2D eigenvalue weighted by atomic mass is 19.4. The molecule has 0 rings (SSSR count). The van der Waals surface area contributed by atoms with E-state index in [1.165, 1.54) is 0 Å². The molecule has 0 amide bonds. The van der Waals surface area contributed by atoms with Gasteiger partial charge in [0.2, 0.25) is 0 Å². The van der Waals surface area contributed by atoms with E-state index in [0.29, 0.717) is 0 Å². The molecule has 0 aliphatic rings. The Hall–Kier alpha value is -1.27. The summed E-state index contributed by atoms with van der Waals surface area (Å²) in [5.74, 6) is -57.7. The van der Waals surface area contributed by atoms with Gasteiger partial charge in [0.25, 0.3) is 0 Å². The maximum Gasteiger partial charge on any atom is 0.460 e. The van der Waals surface area contributed by atoms with E-state index in [-0.39, 0.29) is 0 Å². The lowest BCUT2D eigenvalue weighted by Crippen LogP contribution is -2.75. The monoisotopic (exact) mass is 480 g/mol. The Labute approximate surface area is 146 Å². The van der Waals surface area contributed by atoms with Crippen molar-refractivity contribution in [2.45, 2.75) is 53.7 Å². The van der Waals surface area contributed by atoms with Crippen LogP contribution >= 0.6 is 0 Å². The van der Waals surface area contributed by atoms with E-state index in [0.717, 1.165) is 0 Å². The molecule has 2 N–H and O–H groups in total. The molecule has 0 aromatic carbocycles. The molecule has 1 unspecified atom stereocenters. The van der Waals surface area contributed by atoms with Crippen LogP contribution in [0.15, 0.2) is 0 Å². The molecule has 0 aliphatic heterocycles. The summed E-state index contributed by atoms with van der Waals surface area (Å²) in [6.45, 7) is -2.62. The minimum Gasteiger partial charge on any atom is -0.393 e. The van der Waals surface area contributed by atoms with E-state index in [4.69, 9.17) is 10.2 Å². The van der Waals surface area contributed by atoms with E-state index in [1.54, 1.807) is 0 Å². The van der Waals surface area contributed by atoms with Gasteiger partial charge in [0, 0.05) is 0 Å². The molecule has 0 spiro atoms. The fraction of sp³-hybridized carbons (Fsp3) is 1.00. The van der Waals surface area contributed by atoms with Crippen LogP contribution in [0.5, 0.6) is 0 Å². The summed E-state index contributed by atoms with van der Waals surface area (Å²) in [5.41, 5.74) is 0. The predicted octanol–water partition coefficient (Wildman–Crippen LogP) is 4.35. The van der Waals surface area contributed by atoms with Crippen LogP contribution < -0.4 is 0 Å². The van der Waals surface area contributed by atoms with E-state index < -0.39 is 60.3 Å². The molecule has 0 radical (unpaired) electrons. The van der Waals surface area contributed by atoms with Crippen LogP contribution in [0.2, 0.25) is 0 Å². The summed E-state index contributed by atoms with van der Waals surface area (Å²) < 4.78 is 217. The third kappa shape index (κ3) is 3.36. The van der Waals surface area contributed by atoms with Crippen molar-refractivity contribution in [3.8, 4) is 0 Å². The van der Waals surface area contributed by atoms with Crippen molar-refractivity contribution in [1.29, 1.82) is 0 Å². The van der Waals surface area contributed by atoms with Gasteiger partial charge in [-0.1, -0.05) is 0 Å². The van der Waals surface area contributed by atoms with Gasteiger partial charge in [-0.15, -0.1) is 0 Å². The Morgan fingerprint density at radius 3 is 0.931 bits per heavy atom. The van der Waals surface area contributed by atoms with Gasteiger partial charge in [-0.25, -0.2) is 0 Å². The van der Waals surface area contributed by atoms with Crippen LogP contribution in [0.1, 0.15) is 0 Å². The average molecular weight is 480 g/mol. The summed E-state index contributed by atoms with van der Waals surface area (Å²) >= 11 is 0. The zero-order valence-corrected chi connectivity index (χ0v) is 12.6. The van der Waals surface area contributed by atoms with Crippen molar-refractivity contribution in [2.24, 2.45) is 0 Å². The number of rotatable bonds is 8. The highest BCUT2D eigenvalue weighted by Crippen LogP contribution is 2.64. The van der Waals surface area contributed by atoms with E-state index in [2.05, 4.69) is 0 Å². The van der Waals surface area contributed by atoms with Crippen LogP contribution in [0.3, 0.4) is 0 Å². The second-order valence-corrected chi connectivity index (χ2v) is 5.27. The molecule has 0 saturated heterocycles. The van der Waals surface area contributed by atoms with Crippen LogP contribution in [0.25, 0.3) is 0 Å².